The number of nitrogens with zero attached hydrogens (tertiary/aromatic N) is 3. The first-order chi connectivity index (χ1) is 7.77. The number of para-hydroxylation sites is 1. The fourth-order valence-electron chi connectivity index (χ4n) is 1.08. The quantitative estimate of drug-likeness (QED) is 0.480. The molecule has 0 aliphatic heterocycles. The lowest BCUT2D eigenvalue weighted by atomic mass is 10.2. The van der Waals surface area contributed by atoms with Gasteiger partial charge in [0.15, 0.2) is 0 Å². The Labute approximate surface area is 92.2 Å². The standard InChI is InChI=1S/C10H10N4O2/c1-16-9-5-3-2-4-8(9)6-7-12-10(15)13-14-11/h2-7H,1H3,(H,12,15). The third-order valence-corrected chi connectivity index (χ3v) is 1.74. The van der Waals surface area contributed by atoms with Crippen LogP contribution in [0.3, 0.4) is 0 Å². The highest BCUT2D eigenvalue weighted by atomic mass is 16.5. The van der Waals surface area contributed by atoms with Gasteiger partial charge in [0, 0.05) is 21.8 Å². The van der Waals surface area contributed by atoms with E-state index in [1.165, 1.54) is 6.20 Å². The normalized spacial score (nSPS) is 9.56. The summed E-state index contributed by atoms with van der Waals surface area (Å²) in [5, 5.41) is 5.13. The van der Waals surface area contributed by atoms with Crippen LogP contribution in [0.2, 0.25) is 0 Å². The lowest BCUT2D eigenvalue weighted by Crippen LogP contribution is -2.10. The van der Waals surface area contributed by atoms with E-state index in [2.05, 4.69) is 15.3 Å². The summed E-state index contributed by atoms with van der Waals surface area (Å²) in [7, 11) is 1.56. The van der Waals surface area contributed by atoms with E-state index < -0.39 is 6.03 Å². The van der Waals surface area contributed by atoms with Gasteiger partial charge in [-0.1, -0.05) is 18.2 Å². The van der Waals surface area contributed by atoms with Gasteiger partial charge in [0.2, 0.25) is 0 Å². The highest BCUT2D eigenvalue weighted by Crippen LogP contribution is 2.18. The molecule has 0 spiro atoms. The summed E-state index contributed by atoms with van der Waals surface area (Å²) in [4.78, 5) is 13.1. The number of ether oxygens (including phenoxy) is 1. The SMILES string of the molecule is COc1ccccc1C=CNC(=O)N=[N+]=[N-]. The van der Waals surface area contributed by atoms with Crippen molar-refractivity contribution in [3.05, 3.63) is 46.5 Å². The lowest BCUT2D eigenvalue weighted by Gasteiger charge is -2.02. The molecule has 0 radical (unpaired) electrons. The number of hydrogen-bond acceptors (Lipinski definition) is 2. The van der Waals surface area contributed by atoms with Crippen LogP contribution in [0.15, 0.2) is 35.6 Å². The number of carbonyl (C=O) groups excluding carboxylic acids is 1. The second kappa shape index (κ2) is 6.10. The van der Waals surface area contributed by atoms with Gasteiger partial charge < -0.3 is 10.1 Å². The molecule has 1 rings (SSSR count). The maximum Gasteiger partial charge on any atom is 0.312 e. The molecule has 6 heteroatoms. The summed E-state index contributed by atoms with van der Waals surface area (Å²) in [6, 6.07) is 6.56. The molecule has 0 unspecified atom stereocenters. The molecule has 0 fully saturated rings. The number of nitrogens with one attached hydrogen (secondary N) is 1. The molecular formula is C10H10N4O2. The van der Waals surface area contributed by atoms with Crippen LogP contribution in [0, 0.1) is 0 Å². The van der Waals surface area contributed by atoms with E-state index in [9.17, 15) is 4.79 Å². The minimum absolute atomic E-state index is 0.691. The molecule has 1 N–H and O–H groups in total. The van der Waals surface area contributed by atoms with Crippen LogP contribution in [0.25, 0.3) is 16.5 Å². The number of urea groups is 1. The van der Waals surface area contributed by atoms with Gasteiger partial charge in [0.25, 0.3) is 0 Å². The van der Waals surface area contributed by atoms with E-state index in [0.717, 1.165) is 5.56 Å². The first-order valence-corrected chi connectivity index (χ1v) is 4.43. The van der Waals surface area contributed by atoms with E-state index in [1.54, 1.807) is 19.3 Å². The molecule has 0 atom stereocenters. The number of azide groups is 1. The van der Waals surface area contributed by atoms with Crippen LogP contribution in [0.4, 0.5) is 4.79 Å². The van der Waals surface area contributed by atoms with Crippen molar-refractivity contribution in [3.63, 3.8) is 0 Å². The highest BCUT2D eigenvalue weighted by molar-refractivity contribution is 5.76. The van der Waals surface area contributed by atoms with Crippen molar-refractivity contribution < 1.29 is 9.53 Å². The van der Waals surface area contributed by atoms with E-state index in [1.807, 2.05) is 18.2 Å². The van der Waals surface area contributed by atoms with Crippen LogP contribution in [-0.2, 0) is 0 Å². The maximum atomic E-state index is 10.8. The molecule has 0 aromatic heterocycles. The molecule has 1 aromatic rings. The Morgan fingerprint density at radius 3 is 3.00 bits per heavy atom. The maximum absolute atomic E-state index is 10.8. The first kappa shape index (κ1) is 11.6. The van der Waals surface area contributed by atoms with Gasteiger partial charge in [-0.15, -0.1) is 0 Å². The molecule has 0 aliphatic rings. The molecule has 0 aliphatic carbocycles. The molecular weight excluding hydrogens is 208 g/mol. The zero-order valence-electron chi connectivity index (χ0n) is 8.62. The van der Waals surface area contributed by atoms with Gasteiger partial charge in [0.05, 0.1) is 7.11 Å². The Kier molecular flexibility index (Phi) is 4.43. The van der Waals surface area contributed by atoms with E-state index in [-0.39, 0.29) is 0 Å². The molecule has 0 heterocycles. The molecule has 0 saturated heterocycles. The van der Waals surface area contributed by atoms with Crippen molar-refractivity contribution in [1.82, 2.24) is 5.32 Å². The number of amides is 2. The number of methoxy groups -OCH3 is 1. The molecule has 2 amide bonds. The van der Waals surface area contributed by atoms with Gasteiger partial charge in [-0.2, -0.15) is 0 Å². The molecule has 16 heavy (non-hydrogen) atoms. The van der Waals surface area contributed by atoms with Crippen LogP contribution in [0.1, 0.15) is 5.56 Å². The Hall–Kier alpha value is -2.46. The minimum Gasteiger partial charge on any atom is -0.496 e. The fraction of sp³-hybridized carbons (Fsp3) is 0.100. The summed E-state index contributed by atoms with van der Waals surface area (Å²) < 4.78 is 5.10. The highest BCUT2D eigenvalue weighted by Gasteiger charge is 1.96. The summed E-state index contributed by atoms with van der Waals surface area (Å²) in [6.45, 7) is 0. The predicted octanol–water partition coefficient (Wildman–Crippen LogP) is 2.69. The van der Waals surface area contributed by atoms with Crippen molar-refractivity contribution in [2.24, 2.45) is 5.11 Å². The van der Waals surface area contributed by atoms with Gasteiger partial charge in [-0.25, -0.2) is 0 Å². The molecule has 0 bridgehead atoms. The number of benzene rings is 1. The summed E-state index contributed by atoms with van der Waals surface area (Å²) in [6.07, 6.45) is 3.03. The molecule has 6 nitrogen and oxygen atoms in total. The summed E-state index contributed by atoms with van der Waals surface area (Å²) in [5.74, 6) is 0.691. The Balaban J connectivity index is 2.69. The van der Waals surface area contributed by atoms with E-state index in [0.29, 0.717) is 5.75 Å². The number of hydrogen-bond donors (Lipinski definition) is 1. The zero-order chi connectivity index (χ0) is 11.8. The molecule has 1 aromatic carbocycles. The summed E-state index contributed by atoms with van der Waals surface area (Å²) in [5.41, 5.74) is 8.80. The number of carbonyl (C=O) groups is 1. The van der Waals surface area contributed by atoms with Gasteiger partial charge in [-0.05, 0) is 17.7 Å². The Morgan fingerprint density at radius 2 is 2.31 bits per heavy atom. The Morgan fingerprint density at radius 1 is 1.56 bits per heavy atom. The topological polar surface area (TPSA) is 87.1 Å². The average Bonchev–Trinajstić information content (AvgIpc) is 2.30. The summed E-state index contributed by atoms with van der Waals surface area (Å²) >= 11 is 0. The van der Waals surface area contributed by atoms with Crippen LogP contribution >= 0.6 is 0 Å². The third-order valence-electron chi connectivity index (χ3n) is 1.74. The van der Waals surface area contributed by atoms with Crippen molar-refractivity contribution in [2.45, 2.75) is 0 Å². The van der Waals surface area contributed by atoms with Crippen molar-refractivity contribution in [1.29, 1.82) is 0 Å². The van der Waals surface area contributed by atoms with E-state index in [4.69, 9.17) is 10.3 Å². The zero-order valence-corrected chi connectivity index (χ0v) is 8.62. The fourth-order valence-corrected chi connectivity index (χ4v) is 1.08. The average molecular weight is 218 g/mol. The Bertz CT molecular complexity index is 450. The molecule has 82 valence electrons. The largest absolute Gasteiger partial charge is 0.496 e. The van der Waals surface area contributed by atoms with Crippen molar-refractivity contribution >= 4 is 12.1 Å². The predicted molar refractivity (Wildman–Crippen MR) is 59.7 cm³/mol. The number of rotatable bonds is 3. The minimum atomic E-state index is -0.756. The van der Waals surface area contributed by atoms with Crippen molar-refractivity contribution in [2.75, 3.05) is 7.11 Å². The van der Waals surface area contributed by atoms with Crippen LogP contribution < -0.4 is 10.1 Å². The lowest BCUT2D eigenvalue weighted by molar-refractivity contribution is 0.252. The monoisotopic (exact) mass is 218 g/mol. The first-order valence-electron chi connectivity index (χ1n) is 4.43. The van der Waals surface area contributed by atoms with Gasteiger partial charge in [0.1, 0.15) is 5.75 Å². The van der Waals surface area contributed by atoms with E-state index >= 15 is 0 Å². The second-order valence-corrected chi connectivity index (χ2v) is 2.71. The smallest absolute Gasteiger partial charge is 0.312 e. The van der Waals surface area contributed by atoms with Crippen molar-refractivity contribution in [3.8, 4) is 5.75 Å². The van der Waals surface area contributed by atoms with Crippen LogP contribution in [-0.4, -0.2) is 13.1 Å². The van der Waals surface area contributed by atoms with Gasteiger partial charge in [-0.3, -0.25) is 4.79 Å². The van der Waals surface area contributed by atoms with Crippen LogP contribution in [0.5, 0.6) is 5.75 Å². The molecule has 0 saturated carbocycles. The van der Waals surface area contributed by atoms with Gasteiger partial charge >= 0.3 is 6.03 Å². The second-order valence-electron chi connectivity index (χ2n) is 2.71. The third kappa shape index (κ3) is 3.36.